The minimum absolute atomic E-state index is 0.0999. The van der Waals surface area contributed by atoms with Gasteiger partial charge >= 0.3 is 0 Å². The quantitative estimate of drug-likeness (QED) is 0.808. The summed E-state index contributed by atoms with van der Waals surface area (Å²) in [6, 6.07) is 5.09. The van der Waals surface area contributed by atoms with E-state index in [1.54, 1.807) is 18.2 Å². The third-order valence-corrected chi connectivity index (χ3v) is 2.46. The van der Waals surface area contributed by atoms with Crippen LogP contribution in [-0.4, -0.2) is 26.2 Å². The minimum Gasteiger partial charge on any atom is -0.496 e. The topological polar surface area (TPSA) is 47.6 Å². The van der Waals surface area contributed by atoms with Crippen molar-refractivity contribution in [2.45, 2.75) is 19.4 Å². The van der Waals surface area contributed by atoms with Crippen molar-refractivity contribution in [1.29, 1.82) is 0 Å². The Bertz CT molecular complexity index is 440. The Morgan fingerprint density at radius 1 is 1.39 bits per heavy atom. The molecule has 1 unspecified atom stereocenters. The zero-order valence-corrected chi connectivity index (χ0v) is 10.8. The molecule has 0 aliphatic carbocycles. The molecule has 0 spiro atoms. The van der Waals surface area contributed by atoms with Gasteiger partial charge in [0, 0.05) is 12.5 Å². The summed E-state index contributed by atoms with van der Waals surface area (Å²) in [5.74, 6) is 3.19. The van der Waals surface area contributed by atoms with Crippen molar-refractivity contribution in [1.82, 2.24) is 5.32 Å². The normalized spacial score (nSPS) is 11.2. The predicted octanol–water partition coefficient (Wildman–Crippen LogP) is 1.85. The average molecular weight is 247 g/mol. The van der Waals surface area contributed by atoms with Gasteiger partial charge in [-0.2, -0.15) is 0 Å². The molecule has 1 rings (SSSR count). The molecule has 1 N–H and O–H groups in total. The van der Waals surface area contributed by atoms with Gasteiger partial charge in [-0.1, -0.05) is 6.07 Å². The standard InChI is InChI=1S/C14H17NO3/c1-5-7-10(2)15-14(16)13-11(17-3)8-6-9-12(13)18-4/h1,6,8-10H,7H2,2-4H3,(H,15,16). The summed E-state index contributed by atoms with van der Waals surface area (Å²) in [5, 5.41) is 2.81. The maximum absolute atomic E-state index is 12.1. The fourth-order valence-corrected chi connectivity index (χ4v) is 1.60. The molecule has 96 valence electrons. The van der Waals surface area contributed by atoms with E-state index >= 15 is 0 Å². The molecule has 4 nitrogen and oxygen atoms in total. The summed E-state index contributed by atoms with van der Waals surface area (Å²) in [5.41, 5.74) is 0.381. The molecule has 18 heavy (non-hydrogen) atoms. The van der Waals surface area contributed by atoms with Crippen LogP contribution < -0.4 is 14.8 Å². The van der Waals surface area contributed by atoms with Gasteiger partial charge in [0.05, 0.1) is 14.2 Å². The number of nitrogens with one attached hydrogen (secondary N) is 1. The predicted molar refractivity (Wildman–Crippen MR) is 69.9 cm³/mol. The highest BCUT2D eigenvalue weighted by Gasteiger charge is 2.19. The van der Waals surface area contributed by atoms with Crippen LogP contribution in [0, 0.1) is 12.3 Å². The van der Waals surface area contributed by atoms with Gasteiger partial charge in [0.15, 0.2) is 0 Å². The van der Waals surface area contributed by atoms with Gasteiger partial charge in [-0.3, -0.25) is 4.79 Å². The molecule has 0 fully saturated rings. The summed E-state index contributed by atoms with van der Waals surface area (Å²) in [7, 11) is 3.02. The highest BCUT2D eigenvalue weighted by atomic mass is 16.5. The molecule has 1 amide bonds. The number of terminal acetylenes is 1. The molecule has 0 bridgehead atoms. The van der Waals surface area contributed by atoms with E-state index in [0.29, 0.717) is 23.5 Å². The summed E-state index contributed by atoms with van der Waals surface area (Å²) < 4.78 is 10.3. The van der Waals surface area contributed by atoms with Crippen molar-refractivity contribution < 1.29 is 14.3 Å². The van der Waals surface area contributed by atoms with Crippen molar-refractivity contribution in [3.8, 4) is 23.8 Å². The van der Waals surface area contributed by atoms with E-state index in [4.69, 9.17) is 15.9 Å². The second-order valence-corrected chi connectivity index (χ2v) is 3.82. The first-order valence-electron chi connectivity index (χ1n) is 5.59. The lowest BCUT2D eigenvalue weighted by molar-refractivity contribution is 0.0934. The lowest BCUT2D eigenvalue weighted by Gasteiger charge is -2.15. The van der Waals surface area contributed by atoms with Gasteiger partial charge in [-0.25, -0.2) is 0 Å². The van der Waals surface area contributed by atoms with Crippen LogP contribution in [0.2, 0.25) is 0 Å². The van der Waals surface area contributed by atoms with Crippen LogP contribution in [0.1, 0.15) is 23.7 Å². The molecule has 0 aliphatic heterocycles. The monoisotopic (exact) mass is 247 g/mol. The summed E-state index contributed by atoms with van der Waals surface area (Å²) in [6.45, 7) is 1.85. The fraction of sp³-hybridized carbons (Fsp3) is 0.357. The number of carbonyl (C=O) groups excluding carboxylic acids is 1. The van der Waals surface area contributed by atoms with E-state index in [2.05, 4.69) is 11.2 Å². The second kappa shape index (κ2) is 6.55. The zero-order chi connectivity index (χ0) is 13.5. The number of benzene rings is 1. The average Bonchev–Trinajstić information content (AvgIpc) is 2.37. The maximum atomic E-state index is 12.1. The summed E-state index contributed by atoms with van der Waals surface area (Å²) in [6.07, 6.45) is 5.68. The molecule has 0 heterocycles. The number of hydrogen-bond acceptors (Lipinski definition) is 3. The molecule has 0 saturated heterocycles. The molecule has 0 aromatic heterocycles. The first-order valence-corrected chi connectivity index (χ1v) is 5.59. The minimum atomic E-state index is -0.257. The fourth-order valence-electron chi connectivity index (χ4n) is 1.60. The van der Waals surface area contributed by atoms with Crippen LogP contribution in [0.5, 0.6) is 11.5 Å². The molecular formula is C14H17NO3. The zero-order valence-electron chi connectivity index (χ0n) is 10.8. The molecular weight excluding hydrogens is 230 g/mol. The summed E-state index contributed by atoms with van der Waals surface area (Å²) >= 11 is 0. The third-order valence-electron chi connectivity index (χ3n) is 2.46. The van der Waals surface area contributed by atoms with E-state index in [0.717, 1.165) is 0 Å². The highest BCUT2D eigenvalue weighted by Crippen LogP contribution is 2.28. The lowest BCUT2D eigenvalue weighted by Crippen LogP contribution is -2.32. The van der Waals surface area contributed by atoms with Crippen LogP contribution in [0.15, 0.2) is 18.2 Å². The molecule has 4 heteroatoms. The van der Waals surface area contributed by atoms with E-state index in [1.807, 2.05) is 6.92 Å². The first-order chi connectivity index (χ1) is 8.63. The van der Waals surface area contributed by atoms with Crippen LogP contribution in [0.3, 0.4) is 0 Å². The third kappa shape index (κ3) is 3.17. The Morgan fingerprint density at radius 3 is 2.39 bits per heavy atom. The Balaban J connectivity index is 3.00. The maximum Gasteiger partial charge on any atom is 0.259 e. The Kier molecular flexibility index (Phi) is 5.06. The molecule has 0 aliphatic rings. The largest absolute Gasteiger partial charge is 0.496 e. The molecule has 1 aromatic rings. The van der Waals surface area contributed by atoms with Crippen molar-refractivity contribution in [3.63, 3.8) is 0 Å². The van der Waals surface area contributed by atoms with Gasteiger partial charge in [0.2, 0.25) is 0 Å². The Morgan fingerprint density at radius 2 is 1.94 bits per heavy atom. The van der Waals surface area contributed by atoms with E-state index in [-0.39, 0.29) is 11.9 Å². The first kappa shape index (κ1) is 13.9. The number of ether oxygens (including phenoxy) is 2. The van der Waals surface area contributed by atoms with Crippen molar-refractivity contribution in [3.05, 3.63) is 23.8 Å². The van der Waals surface area contributed by atoms with Gasteiger partial charge in [-0.15, -0.1) is 12.3 Å². The molecule has 1 aromatic carbocycles. The van der Waals surface area contributed by atoms with Gasteiger partial charge in [-0.05, 0) is 19.1 Å². The SMILES string of the molecule is C#CCC(C)NC(=O)c1c(OC)cccc1OC. The molecule has 0 radical (unpaired) electrons. The number of rotatable bonds is 5. The van der Waals surface area contributed by atoms with Crippen LogP contribution in [-0.2, 0) is 0 Å². The Hall–Kier alpha value is -2.15. The van der Waals surface area contributed by atoms with Crippen LogP contribution in [0.25, 0.3) is 0 Å². The van der Waals surface area contributed by atoms with E-state index in [1.165, 1.54) is 14.2 Å². The summed E-state index contributed by atoms with van der Waals surface area (Å²) in [4.78, 5) is 12.1. The van der Waals surface area contributed by atoms with Gasteiger partial charge < -0.3 is 14.8 Å². The number of methoxy groups -OCH3 is 2. The lowest BCUT2D eigenvalue weighted by atomic mass is 10.1. The molecule has 1 atom stereocenters. The highest BCUT2D eigenvalue weighted by molar-refractivity contribution is 5.99. The number of amides is 1. The van der Waals surface area contributed by atoms with Crippen molar-refractivity contribution in [2.24, 2.45) is 0 Å². The van der Waals surface area contributed by atoms with E-state index < -0.39 is 0 Å². The van der Waals surface area contributed by atoms with Crippen LogP contribution >= 0.6 is 0 Å². The second-order valence-electron chi connectivity index (χ2n) is 3.82. The van der Waals surface area contributed by atoms with Crippen molar-refractivity contribution in [2.75, 3.05) is 14.2 Å². The van der Waals surface area contributed by atoms with E-state index in [9.17, 15) is 4.79 Å². The van der Waals surface area contributed by atoms with Crippen LogP contribution in [0.4, 0.5) is 0 Å². The Labute approximate surface area is 107 Å². The number of hydrogen-bond donors (Lipinski definition) is 1. The smallest absolute Gasteiger partial charge is 0.259 e. The number of carbonyl (C=O) groups is 1. The van der Waals surface area contributed by atoms with Gasteiger partial charge in [0.25, 0.3) is 5.91 Å². The van der Waals surface area contributed by atoms with Crippen molar-refractivity contribution >= 4 is 5.91 Å². The van der Waals surface area contributed by atoms with Gasteiger partial charge in [0.1, 0.15) is 17.1 Å². The molecule has 0 saturated carbocycles.